The minimum atomic E-state index is -0.365. The molecule has 10 heteroatoms. The average molecular weight is 462 g/mol. The van der Waals surface area contributed by atoms with Gasteiger partial charge in [-0.05, 0) is 56.6 Å². The third kappa shape index (κ3) is 5.36. The number of nitrogens with one attached hydrogen (secondary N) is 2. The maximum absolute atomic E-state index is 13.7. The van der Waals surface area contributed by atoms with Crippen molar-refractivity contribution in [2.24, 2.45) is 0 Å². The predicted molar refractivity (Wildman–Crippen MR) is 129 cm³/mol. The number of carbonyl (C=O) groups is 1. The summed E-state index contributed by atoms with van der Waals surface area (Å²) in [4.78, 5) is 22.8. The molecule has 2 heterocycles. The molecule has 2 aromatic heterocycles. The van der Waals surface area contributed by atoms with E-state index in [-0.39, 0.29) is 11.7 Å². The molecule has 2 N–H and O–H groups in total. The molecule has 9 nitrogen and oxygen atoms in total. The number of amides is 1. The average Bonchev–Trinajstić information content (AvgIpc) is 3.23. The number of hydrogen-bond donors (Lipinski definition) is 2. The van der Waals surface area contributed by atoms with E-state index in [0.717, 1.165) is 6.54 Å². The lowest BCUT2D eigenvalue weighted by Crippen LogP contribution is -2.20. The Bertz CT molecular complexity index is 1340. The van der Waals surface area contributed by atoms with E-state index in [1.165, 1.54) is 18.2 Å². The van der Waals surface area contributed by atoms with Crippen LogP contribution in [0.5, 0.6) is 5.75 Å². The summed E-state index contributed by atoms with van der Waals surface area (Å²) < 4.78 is 21.1. The van der Waals surface area contributed by atoms with Gasteiger partial charge in [0.15, 0.2) is 5.65 Å². The van der Waals surface area contributed by atoms with Crippen LogP contribution >= 0.6 is 0 Å². The Labute approximate surface area is 195 Å². The molecular formula is C24H24FN7O2. The Morgan fingerprint density at radius 3 is 2.85 bits per heavy atom. The molecule has 4 rings (SSSR count). The molecule has 4 aromatic rings. The molecule has 0 unspecified atom stereocenters. The molecule has 0 aliphatic heterocycles. The fourth-order valence-electron chi connectivity index (χ4n) is 3.16. The standard InChI is InChI=1S/C24H24FN7O2/c1-4-22(33)29-20-13-18(8-9-21(20)34-11-10-31(2)3)28-24-26-14-16-15-27-32(23(16)30-24)19-7-5-6-17(25)12-19/h4-9,12-15H,1,10-11H2,2-3H3,(H,29,33)(H,26,28,30). The molecule has 174 valence electrons. The highest BCUT2D eigenvalue weighted by molar-refractivity contribution is 6.00. The number of nitrogens with zero attached hydrogens (tertiary/aromatic N) is 5. The summed E-state index contributed by atoms with van der Waals surface area (Å²) in [5.41, 5.74) is 2.19. The van der Waals surface area contributed by atoms with Crippen LogP contribution in [0.1, 0.15) is 0 Å². The van der Waals surface area contributed by atoms with E-state index in [2.05, 4.69) is 32.3 Å². The molecule has 0 saturated carbocycles. The van der Waals surface area contributed by atoms with E-state index in [1.54, 1.807) is 47.4 Å². The van der Waals surface area contributed by atoms with Crippen LogP contribution < -0.4 is 15.4 Å². The van der Waals surface area contributed by atoms with Gasteiger partial charge in [-0.15, -0.1) is 0 Å². The number of anilines is 3. The highest BCUT2D eigenvalue weighted by Gasteiger charge is 2.12. The number of rotatable bonds is 9. The van der Waals surface area contributed by atoms with Gasteiger partial charge in [0.1, 0.15) is 18.2 Å². The first-order chi connectivity index (χ1) is 16.4. The summed E-state index contributed by atoms with van der Waals surface area (Å²) in [5.74, 6) is 0.123. The normalized spacial score (nSPS) is 10.9. The van der Waals surface area contributed by atoms with Gasteiger partial charge < -0.3 is 20.3 Å². The monoisotopic (exact) mass is 461 g/mol. The zero-order valence-corrected chi connectivity index (χ0v) is 18.8. The van der Waals surface area contributed by atoms with E-state index in [4.69, 9.17) is 4.74 Å². The van der Waals surface area contributed by atoms with Crippen molar-refractivity contribution < 1.29 is 13.9 Å². The number of benzene rings is 2. The molecule has 0 aliphatic rings. The summed E-state index contributed by atoms with van der Waals surface area (Å²) >= 11 is 0. The van der Waals surface area contributed by atoms with Gasteiger partial charge >= 0.3 is 0 Å². The highest BCUT2D eigenvalue weighted by atomic mass is 19.1. The Morgan fingerprint density at radius 1 is 1.24 bits per heavy atom. The molecule has 1 amide bonds. The minimum absolute atomic E-state index is 0.313. The lowest BCUT2D eigenvalue weighted by atomic mass is 10.2. The maximum atomic E-state index is 13.7. The van der Waals surface area contributed by atoms with Gasteiger partial charge in [-0.25, -0.2) is 14.1 Å². The molecule has 0 atom stereocenters. The lowest BCUT2D eigenvalue weighted by Gasteiger charge is -2.15. The predicted octanol–water partition coefficient (Wildman–Crippen LogP) is 3.76. The number of hydrogen-bond acceptors (Lipinski definition) is 7. The number of halogens is 1. The molecule has 0 spiro atoms. The Morgan fingerprint density at radius 2 is 2.09 bits per heavy atom. The maximum Gasteiger partial charge on any atom is 0.247 e. The number of ether oxygens (including phenoxy) is 1. The van der Waals surface area contributed by atoms with Crippen LogP contribution in [0.4, 0.5) is 21.7 Å². The smallest absolute Gasteiger partial charge is 0.247 e. The third-order valence-electron chi connectivity index (χ3n) is 4.84. The van der Waals surface area contributed by atoms with E-state index >= 15 is 0 Å². The topological polar surface area (TPSA) is 97.2 Å². The fourth-order valence-corrected chi connectivity index (χ4v) is 3.16. The number of aromatic nitrogens is 4. The quantitative estimate of drug-likeness (QED) is 0.366. The van der Waals surface area contributed by atoms with Gasteiger partial charge in [-0.1, -0.05) is 12.6 Å². The largest absolute Gasteiger partial charge is 0.490 e. The summed E-state index contributed by atoms with van der Waals surface area (Å²) in [7, 11) is 3.90. The van der Waals surface area contributed by atoms with Crippen molar-refractivity contribution in [3.63, 3.8) is 0 Å². The van der Waals surface area contributed by atoms with Crippen molar-refractivity contribution in [3.05, 3.63) is 73.3 Å². The van der Waals surface area contributed by atoms with Crippen LogP contribution in [0.3, 0.4) is 0 Å². The molecule has 0 bridgehead atoms. The zero-order valence-electron chi connectivity index (χ0n) is 18.8. The van der Waals surface area contributed by atoms with E-state index in [0.29, 0.717) is 46.4 Å². The summed E-state index contributed by atoms with van der Waals surface area (Å²) in [5, 5.41) is 10.9. The Hall–Kier alpha value is -4.31. The minimum Gasteiger partial charge on any atom is -0.490 e. The summed E-state index contributed by atoms with van der Waals surface area (Å²) in [6.07, 6.45) is 4.44. The first-order valence-corrected chi connectivity index (χ1v) is 10.5. The van der Waals surface area contributed by atoms with Gasteiger partial charge in [0.2, 0.25) is 11.9 Å². The first kappa shape index (κ1) is 22.9. The molecule has 0 aliphatic carbocycles. The van der Waals surface area contributed by atoms with Crippen LogP contribution in [0.15, 0.2) is 67.5 Å². The van der Waals surface area contributed by atoms with Crippen LogP contribution in [0.2, 0.25) is 0 Å². The second-order valence-corrected chi connectivity index (χ2v) is 7.69. The zero-order chi connectivity index (χ0) is 24.1. The van der Waals surface area contributed by atoms with Crippen molar-refractivity contribution in [2.75, 3.05) is 37.9 Å². The molecule has 0 saturated heterocycles. The van der Waals surface area contributed by atoms with E-state index < -0.39 is 0 Å². The second kappa shape index (κ2) is 10.1. The van der Waals surface area contributed by atoms with Crippen molar-refractivity contribution in [3.8, 4) is 11.4 Å². The van der Waals surface area contributed by atoms with Gasteiger partial charge in [0, 0.05) is 18.4 Å². The highest BCUT2D eigenvalue weighted by Crippen LogP contribution is 2.29. The SMILES string of the molecule is C=CC(=O)Nc1cc(Nc2ncc3cnn(-c4cccc(F)c4)c3n2)ccc1OCCN(C)C. The van der Waals surface area contributed by atoms with E-state index in [1.807, 2.05) is 19.0 Å². The van der Waals surface area contributed by atoms with Gasteiger partial charge in [0.05, 0.1) is 23.0 Å². The second-order valence-electron chi connectivity index (χ2n) is 7.69. The molecular weight excluding hydrogens is 437 g/mol. The fraction of sp³-hybridized carbons (Fsp3) is 0.167. The van der Waals surface area contributed by atoms with Crippen molar-refractivity contribution in [2.45, 2.75) is 0 Å². The number of fused-ring (bicyclic) bond motifs is 1. The number of carbonyl (C=O) groups excluding carboxylic acids is 1. The molecule has 2 aromatic carbocycles. The molecule has 34 heavy (non-hydrogen) atoms. The summed E-state index contributed by atoms with van der Waals surface area (Å²) in [6, 6.07) is 11.4. The molecule has 0 fully saturated rings. The van der Waals surface area contributed by atoms with Crippen molar-refractivity contribution in [1.29, 1.82) is 0 Å². The third-order valence-corrected chi connectivity index (χ3v) is 4.84. The Balaban J connectivity index is 1.61. The van der Waals surface area contributed by atoms with Gasteiger partial charge in [0.25, 0.3) is 0 Å². The van der Waals surface area contributed by atoms with Crippen molar-refractivity contribution >= 4 is 34.3 Å². The van der Waals surface area contributed by atoms with Crippen LogP contribution in [0, 0.1) is 5.82 Å². The lowest BCUT2D eigenvalue weighted by molar-refractivity contribution is -0.111. The molecule has 0 radical (unpaired) electrons. The van der Waals surface area contributed by atoms with Crippen LogP contribution in [0.25, 0.3) is 16.7 Å². The van der Waals surface area contributed by atoms with E-state index in [9.17, 15) is 9.18 Å². The Kier molecular flexibility index (Phi) is 6.79. The number of likely N-dealkylation sites (N-methyl/N-ethyl adjacent to an activating group) is 1. The summed E-state index contributed by atoms with van der Waals surface area (Å²) in [6.45, 7) is 4.68. The van der Waals surface area contributed by atoms with Crippen LogP contribution in [-0.2, 0) is 4.79 Å². The van der Waals surface area contributed by atoms with Crippen LogP contribution in [-0.4, -0.2) is 57.8 Å². The van der Waals surface area contributed by atoms with Gasteiger partial charge in [-0.3, -0.25) is 4.79 Å². The van der Waals surface area contributed by atoms with Crippen molar-refractivity contribution in [1.82, 2.24) is 24.6 Å². The first-order valence-electron chi connectivity index (χ1n) is 10.5. The van der Waals surface area contributed by atoms with Gasteiger partial charge in [-0.2, -0.15) is 10.1 Å².